The molecule has 0 aliphatic rings. The molecule has 0 radical (unpaired) electrons. The van der Waals surface area contributed by atoms with Gasteiger partial charge in [0.1, 0.15) is 0 Å². The molecule has 2 heterocycles. The Kier molecular flexibility index (Phi) is 5.67. The molecule has 0 unspecified atom stereocenters. The third kappa shape index (κ3) is 3.86. The van der Waals surface area contributed by atoms with E-state index >= 15 is 0 Å². The molecule has 2 aromatic heterocycles. The fourth-order valence-electron chi connectivity index (χ4n) is 3.93. The Hall–Kier alpha value is -3.91. The molecule has 0 bridgehead atoms. The van der Waals surface area contributed by atoms with Crippen LogP contribution in [0.2, 0.25) is 0 Å². The summed E-state index contributed by atoms with van der Waals surface area (Å²) in [7, 11) is 0. The number of amides is 1. The number of fused-ring (bicyclic) bond motifs is 3. The molecule has 8 heteroatoms. The number of benzene rings is 3. The highest BCUT2D eigenvalue weighted by atomic mass is 32.2. The summed E-state index contributed by atoms with van der Waals surface area (Å²) < 4.78 is 3.45. The number of carbonyl (C=O) groups is 1. The Morgan fingerprint density at radius 3 is 2.50 bits per heavy atom. The van der Waals surface area contributed by atoms with E-state index in [0.29, 0.717) is 21.8 Å². The van der Waals surface area contributed by atoms with Crippen molar-refractivity contribution >= 4 is 40.0 Å². The Bertz CT molecular complexity index is 1600. The average molecular weight is 470 g/mol. The van der Waals surface area contributed by atoms with Crippen LogP contribution < -0.4 is 10.9 Å². The van der Waals surface area contributed by atoms with Gasteiger partial charge < -0.3 is 5.32 Å². The number of aryl methyl sites for hydroxylation is 2. The molecule has 0 aliphatic carbocycles. The lowest BCUT2D eigenvalue weighted by molar-refractivity contribution is -0.113. The summed E-state index contributed by atoms with van der Waals surface area (Å²) in [6, 6.07) is 20.9. The van der Waals surface area contributed by atoms with Crippen LogP contribution in [-0.2, 0) is 4.79 Å². The number of aromatic nitrogens is 4. The number of anilines is 1. The molecule has 1 N–H and O–H groups in total. The monoisotopic (exact) mass is 469 g/mol. The maximum absolute atomic E-state index is 13.5. The van der Waals surface area contributed by atoms with Crippen molar-refractivity contribution in [1.82, 2.24) is 19.2 Å². The van der Waals surface area contributed by atoms with Gasteiger partial charge in [0.25, 0.3) is 5.56 Å². The molecule has 1 amide bonds. The van der Waals surface area contributed by atoms with Gasteiger partial charge in [0.2, 0.25) is 11.7 Å². The highest BCUT2D eigenvalue weighted by molar-refractivity contribution is 7.99. The van der Waals surface area contributed by atoms with E-state index in [-0.39, 0.29) is 17.2 Å². The van der Waals surface area contributed by atoms with Crippen LogP contribution in [0.15, 0.2) is 76.7 Å². The minimum atomic E-state index is -0.155. The van der Waals surface area contributed by atoms with Crippen molar-refractivity contribution in [2.45, 2.75) is 25.9 Å². The third-order valence-electron chi connectivity index (χ3n) is 5.88. The quantitative estimate of drug-likeness (QED) is 0.378. The standard InChI is InChI=1S/C26H23N5O2S/c1-16-11-13-19(14-12-16)27-23(32)15-34-26-29-28-25-30(21-10-6-7-17(2)18(21)3)24(33)20-8-4-5-9-22(20)31(25)26/h4-14H,15H2,1-3H3,(H,27,32). The maximum Gasteiger partial charge on any atom is 0.267 e. The predicted octanol–water partition coefficient (Wildman–Crippen LogP) is 4.69. The zero-order valence-corrected chi connectivity index (χ0v) is 19.9. The lowest BCUT2D eigenvalue weighted by Gasteiger charge is -2.14. The molecule has 0 spiro atoms. The first-order valence-corrected chi connectivity index (χ1v) is 11.9. The molecule has 0 saturated carbocycles. The Balaban J connectivity index is 1.57. The van der Waals surface area contributed by atoms with E-state index < -0.39 is 0 Å². The number of nitrogens with zero attached hydrogens (tertiary/aromatic N) is 4. The van der Waals surface area contributed by atoms with E-state index in [9.17, 15) is 9.59 Å². The van der Waals surface area contributed by atoms with Crippen molar-refractivity contribution < 1.29 is 4.79 Å². The van der Waals surface area contributed by atoms with Crippen LogP contribution >= 0.6 is 11.8 Å². The number of hydrogen-bond acceptors (Lipinski definition) is 5. The summed E-state index contributed by atoms with van der Waals surface area (Å²) in [5.74, 6) is 0.433. The summed E-state index contributed by atoms with van der Waals surface area (Å²) in [6.45, 7) is 6.00. The van der Waals surface area contributed by atoms with Gasteiger partial charge in [-0.2, -0.15) is 0 Å². The van der Waals surface area contributed by atoms with Crippen LogP contribution in [0.1, 0.15) is 16.7 Å². The van der Waals surface area contributed by atoms with Gasteiger partial charge in [-0.1, -0.05) is 53.7 Å². The summed E-state index contributed by atoms with van der Waals surface area (Å²) >= 11 is 1.28. The molecule has 170 valence electrons. The smallest absolute Gasteiger partial charge is 0.267 e. The van der Waals surface area contributed by atoms with Gasteiger partial charge in [0, 0.05) is 5.69 Å². The molecular formula is C26H23N5O2S. The zero-order valence-electron chi connectivity index (χ0n) is 19.1. The largest absolute Gasteiger partial charge is 0.325 e. The molecule has 3 aromatic carbocycles. The molecule has 0 fully saturated rings. The second-order valence-corrected chi connectivity index (χ2v) is 9.14. The number of rotatable bonds is 5. The van der Waals surface area contributed by atoms with E-state index in [1.165, 1.54) is 11.8 Å². The Labute approximate surface area is 200 Å². The summed E-state index contributed by atoms with van der Waals surface area (Å²) in [6.07, 6.45) is 0. The molecule has 34 heavy (non-hydrogen) atoms. The number of thioether (sulfide) groups is 1. The van der Waals surface area contributed by atoms with Gasteiger partial charge in [0.15, 0.2) is 5.16 Å². The minimum absolute atomic E-state index is 0.141. The summed E-state index contributed by atoms with van der Waals surface area (Å²) in [4.78, 5) is 26.1. The van der Waals surface area contributed by atoms with Crippen LogP contribution in [0.5, 0.6) is 0 Å². The van der Waals surface area contributed by atoms with Gasteiger partial charge in [-0.15, -0.1) is 10.2 Å². The van der Waals surface area contributed by atoms with Gasteiger partial charge in [0.05, 0.1) is 22.3 Å². The maximum atomic E-state index is 13.5. The molecule has 5 rings (SSSR count). The second kappa shape index (κ2) is 8.79. The van der Waals surface area contributed by atoms with Crippen LogP contribution in [0.25, 0.3) is 22.4 Å². The van der Waals surface area contributed by atoms with Crippen molar-refractivity contribution in [3.63, 3.8) is 0 Å². The van der Waals surface area contributed by atoms with Gasteiger partial charge in [-0.3, -0.25) is 14.0 Å². The second-order valence-electron chi connectivity index (χ2n) is 8.20. The fourth-order valence-corrected chi connectivity index (χ4v) is 4.67. The van der Waals surface area contributed by atoms with Crippen molar-refractivity contribution in [1.29, 1.82) is 0 Å². The normalized spacial score (nSPS) is 11.3. The zero-order chi connectivity index (χ0) is 23.8. The number of para-hydroxylation sites is 1. The number of hydrogen-bond donors (Lipinski definition) is 1. The number of carbonyl (C=O) groups excluding carboxylic acids is 1. The van der Waals surface area contributed by atoms with Crippen molar-refractivity contribution in [2.24, 2.45) is 0 Å². The molecule has 5 aromatic rings. The molecular weight excluding hydrogens is 446 g/mol. The van der Waals surface area contributed by atoms with E-state index in [4.69, 9.17) is 0 Å². The molecule has 0 aliphatic heterocycles. The van der Waals surface area contributed by atoms with E-state index in [1.54, 1.807) is 10.6 Å². The SMILES string of the molecule is Cc1ccc(NC(=O)CSc2nnc3n(-c4cccc(C)c4C)c(=O)c4ccccc4n23)cc1. The molecule has 0 atom stereocenters. The third-order valence-corrected chi connectivity index (χ3v) is 6.81. The first-order chi connectivity index (χ1) is 16.4. The van der Waals surface area contributed by atoms with Crippen molar-refractivity contribution in [2.75, 3.05) is 11.1 Å². The molecule has 7 nitrogen and oxygen atoms in total. The van der Waals surface area contributed by atoms with Crippen LogP contribution in [0.3, 0.4) is 0 Å². The van der Waals surface area contributed by atoms with Crippen LogP contribution in [0, 0.1) is 20.8 Å². The summed E-state index contributed by atoms with van der Waals surface area (Å²) in [5.41, 5.74) is 5.27. The lowest BCUT2D eigenvalue weighted by Crippen LogP contribution is -2.22. The van der Waals surface area contributed by atoms with Gasteiger partial charge in [-0.25, -0.2) is 4.57 Å². The van der Waals surface area contributed by atoms with E-state index in [1.807, 2.05) is 85.8 Å². The van der Waals surface area contributed by atoms with E-state index in [0.717, 1.165) is 28.1 Å². The summed E-state index contributed by atoms with van der Waals surface area (Å²) in [5, 5.41) is 12.7. The highest BCUT2D eigenvalue weighted by Crippen LogP contribution is 2.25. The van der Waals surface area contributed by atoms with Gasteiger partial charge >= 0.3 is 0 Å². The predicted molar refractivity (Wildman–Crippen MR) is 136 cm³/mol. The highest BCUT2D eigenvalue weighted by Gasteiger charge is 2.19. The Morgan fingerprint density at radius 2 is 1.71 bits per heavy atom. The minimum Gasteiger partial charge on any atom is -0.325 e. The first-order valence-electron chi connectivity index (χ1n) is 10.9. The van der Waals surface area contributed by atoms with Crippen LogP contribution in [0.4, 0.5) is 5.69 Å². The average Bonchev–Trinajstić information content (AvgIpc) is 3.26. The lowest BCUT2D eigenvalue weighted by atomic mass is 10.1. The number of nitrogens with one attached hydrogen (secondary N) is 1. The first kappa shape index (κ1) is 21.9. The fraction of sp³-hybridized carbons (Fsp3) is 0.154. The Morgan fingerprint density at radius 1 is 0.941 bits per heavy atom. The van der Waals surface area contributed by atoms with Crippen molar-refractivity contribution in [3.8, 4) is 5.69 Å². The topological polar surface area (TPSA) is 81.3 Å². The van der Waals surface area contributed by atoms with Crippen LogP contribution in [-0.4, -0.2) is 30.8 Å². The van der Waals surface area contributed by atoms with E-state index in [2.05, 4.69) is 15.5 Å². The van der Waals surface area contributed by atoms with Crippen molar-refractivity contribution in [3.05, 3.63) is 93.8 Å². The van der Waals surface area contributed by atoms with Gasteiger partial charge in [-0.05, 0) is 62.2 Å². The molecule has 0 saturated heterocycles.